The summed E-state index contributed by atoms with van der Waals surface area (Å²) in [6.07, 6.45) is 0.479. The van der Waals surface area contributed by atoms with E-state index in [4.69, 9.17) is 5.73 Å². The van der Waals surface area contributed by atoms with Crippen LogP contribution in [0, 0.1) is 0 Å². The van der Waals surface area contributed by atoms with Gasteiger partial charge in [0.2, 0.25) is 5.91 Å². The summed E-state index contributed by atoms with van der Waals surface area (Å²) in [6.45, 7) is 3.65. The third kappa shape index (κ3) is 1.70. The number of carbonyl (C=O) groups is 1. The lowest BCUT2D eigenvalue weighted by atomic mass is 10.1. The molecule has 1 atom stereocenters. The Morgan fingerprint density at radius 2 is 2.36 bits per heavy atom. The van der Waals surface area contributed by atoms with E-state index in [-0.39, 0.29) is 11.9 Å². The van der Waals surface area contributed by atoms with Gasteiger partial charge in [0.05, 0.1) is 0 Å². The number of hydrogen-bond acceptors (Lipinski definition) is 3. The van der Waals surface area contributed by atoms with Gasteiger partial charge >= 0.3 is 0 Å². The molecule has 0 bridgehead atoms. The van der Waals surface area contributed by atoms with Crippen molar-refractivity contribution in [2.24, 2.45) is 5.73 Å². The lowest BCUT2D eigenvalue weighted by Gasteiger charge is -2.37. The third-order valence-electron chi connectivity index (χ3n) is 2.03. The van der Waals surface area contributed by atoms with E-state index in [1.54, 1.807) is 12.1 Å². The van der Waals surface area contributed by atoms with E-state index in [2.05, 4.69) is 0 Å². The fourth-order valence-corrected chi connectivity index (χ4v) is 1.31. The standard InChI is InChI=1S/C7H15N3O/c1-3-10-5-6(8)4-7(11)9(10)2/h6H,3-5,8H2,1-2H3/t6-/m1/s1. The molecule has 0 aromatic carbocycles. The van der Waals surface area contributed by atoms with Gasteiger partial charge in [-0.3, -0.25) is 9.80 Å². The van der Waals surface area contributed by atoms with Crippen molar-refractivity contribution in [3.8, 4) is 0 Å². The minimum atomic E-state index is 0.0126. The van der Waals surface area contributed by atoms with E-state index in [1.165, 1.54) is 0 Å². The van der Waals surface area contributed by atoms with Gasteiger partial charge in [0.15, 0.2) is 0 Å². The van der Waals surface area contributed by atoms with Crippen molar-refractivity contribution < 1.29 is 4.79 Å². The summed E-state index contributed by atoms with van der Waals surface area (Å²) < 4.78 is 0. The Morgan fingerprint density at radius 3 is 2.91 bits per heavy atom. The lowest BCUT2D eigenvalue weighted by molar-refractivity contribution is -0.152. The first kappa shape index (κ1) is 8.49. The van der Waals surface area contributed by atoms with Gasteiger partial charge in [0.25, 0.3) is 0 Å². The molecule has 1 fully saturated rings. The molecule has 1 rings (SSSR count). The van der Waals surface area contributed by atoms with Gasteiger partial charge in [0.1, 0.15) is 0 Å². The van der Waals surface area contributed by atoms with Crippen LogP contribution in [0.2, 0.25) is 0 Å². The Bertz CT molecular complexity index is 160. The first-order chi connectivity index (χ1) is 5.15. The van der Waals surface area contributed by atoms with Crippen LogP contribution in [0.1, 0.15) is 13.3 Å². The molecule has 0 saturated carbocycles. The van der Waals surface area contributed by atoms with E-state index in [0.717, 1.165) is 13.1 Å². The van der Waals surface area contributed by atoms with Crippen LogP contribution >= 0.6 is 0 Å². The van der Waals surface area contributed by atoms with E-state index >= 15 is 0 Å². The monoisotopic (exact) mass is 157 g/mol. The van der Waals surface area contributed by atoms with Crippen LogP contribution in [0.3, 0.4) is 0 Å². The zero-order chi connectivity index (χ0) is 8.43. The number of carbonyl (C=O) groups excluding carboxylic acids is 1. The number of nitrogens with two attached hydrogens (primary N) is 1. The Hall–Kier alpha value is -0.610. The largest absolute Gasteiger partial charge is 0.326 e. The molecule has 0 aromatic rings. The molecule has 4 nitrogen and oxygen atoms in total. The average Bonchev–Trinajstić information content (AvgIpc) is 1.96. The zero-order valence-corrected chi connectivity index (χ0v) is 7.08. The van der Waals surface area contributed by atoms with Gasteiger partial charge < -0.3 is 5.73 Å². The fraction of sp³-hybridized carbons (Fsp3) is 0.857. The quantitative estimate of drug-likeness (QED) is 0.553. The van der Waals surface area contributed by atoms with E-state index in [1.807, 2.05) is 11.9 Å². The third-order valence-corrected chi connectivity index (χ3v) is 2.03. The Labute approximate surface area is 66.9 Å². The average molecular weight is 157 g/mol. The van der Waals surface area contributed by atoms with Crippen LogP contribution in [0.4, 0.5) is 0 Å². The molecule has 4 heteroatoms. The molecule has 64 valence electrons. The SMILES string of the molecule is CCN1C[C@H](N)CC(=O)N1C. The molecular weight excluding hydrogens is 142 g/mol. The van der Waals surface area contributed by atoms with Crippen molar-refractivity contribution in [3.63, 3.8) is 0 Å². The van der Waals surface area contributed by atoms with E-state index in [0.29, 0.717) is 6.42 Å². The summed E-state index contributed by atoms with van der Waals surface area (Å²) >= 11 is 0. The summed E-state index contributed by atoms with van der Waals surface area (Å²) in [5.41, 5.74) is 5.66. The minimum Gasteiger partial charge on any atom is -0.326 e. The smallest absolute Gasteiger partial charge is 0.238 e. The number of rotatable bonds is 1. The Morgan fingerprint density at radius 1 is 1.73 bits per heavy atom. The molecule has 11 heavy (non-hydrogen) atoms. The van der Waals surface area contributed by atoms with Gasteiger partial charge in [0, 0.05) is 32.6 Å². The topological polar surface area (TPSA) is 49.6 Å². The van der Waals surface area contributed by atoms with Crippen molar-refractivity contribution in [1.82, 2.24) is 10.0 Å². The minimum absolute atomic E-state index is 0.0126. The highest BCUT2D eigenvalue weighted by atomic mass is 16.2. The van der Waals surface area contributed by atoms with Crippen molar-refractivity contribution in [1.29, 1.82) is 0 Å². The predicted molar refractivity (Wildman–Crippen MR) is 42.6 cm³/mol. The van der Waals surface area contributed by atoms with Gasteiger partial charge in [-0.1, -0.05) is 6.92 Å². The zero-order valence-electron chi connectivity index (χ0n) is 7.08. The first-order valence-electron chi connectivity index (χ1n) is 3.92. The molecule has 1 saturated heterocycles. The maximum absolute atomic E-state index is 11.2. The van der Waals surface area contributed by atoms with Gasteiger partial charge in [-0.15, -0.1) is 0 Å². The maximum Gasteiger partial charge on any atom is 0.238 e. The van der Waals surface area contributed by atoms with Gasteiger partial charge in [-0.05, 0) is 0 Å². The molecule has 1 aliphatic rings. The first-order valence-corrected chi connectivity index (χ1v) is 3.92. The molecule has 2 N–H and O–H groups in total. The summed E-state index contributed by atoms with van der Waals surface area (Å²) in [5.74, 6) is 0.116. The normalized spacial score (nSPS) is 27.7. The van der Waals surface area contributed by atoms with Crippen molar-refractivity contribution >= 4 is 5.91 Å². The molecule has 0 aromatic heterocycles. The number of hydrogen-bond donors (Lipinski definition) is 1. The molecule has 0 aliphatic carbocycles. The summed E-state index contributed by atoms with van der Waals surface area (Å²) in [4.78, 5) is 11.2. The number of nitrogens with zero attached hydrogens (tertiary/aromatic N) is 2. The van der Waals surface area contributed by atoms with E-state index < -0.39 is 0 Å². The second-order valence-corrected chi connectivity index (χ2v) is 2.89. The molecular formula is C7H15N3O. The number of likely N-dealkylation sites (N-methyl/N-ethyl adjacent to an activating group) is 1. The fourth-order valence-electron chi connectivity index (χ4n) is 1.31. The molecule has 0 radical (unpaired) electrons. The lowest BCUT2D eigenvalue weighted by Crippen LogP contribution is -2.55. The van der Waals surface area contributed by atoms with Crippen LogP contribution in [0.25, 0.3) is 0 Å². The summed E-state index contributed by atoms with van der Waals surface area (Å²) in [7, 11) is 1.79. The van der Waals surface area contributed by atoms with Crippen molar-refractivity contribution in [3.05, 3.63) is 0 Å². The number of hydrazine groups is 1. The second-order valence-electron chi connectivity index (χ2n) is 2.89. The van der Waals surface area contributed by atoms with Crippen LogP contribution in [-0.2, 0) is 4.79 Å². The predicted octanol–water partition coefficient (Wildman–Crippen LogP) is -0.587. The van der Waals surface area contributed by atoms with E-state index in [9.17, 15) is 4.79 Å². The second kappa shape index (κ2) is 3.19. The Kier molecular flexibility index (Phi) is 2.46. The van der Waals surface area contributed by atoms with Gasteiger partial charge in [-0.2, -0.15) is 0 Å². The maximum atomic E-state index is 11.2. The highest BCUT2D eigenvalue weighted by molar-refractivity contribution is 5.76. The highest BCUT2D eigenvalue weighted by Crippen LogP contribution is 2.08. The Balaban J connectivity index is 2.58. The molecule has 1 heterocycles. The molecule has 1 aliphatic heterocycles. The highest BCUT2D eigenvalue weighted by Gasteiger charge is 2.25. The molecule has 0 spiro atoms. The van der Waals surface area contributed by atoms with Crippen LogP contribution < -0.4 is 5.73 Å². The van der Waals surface area contributed by atoms with Crippen LogP contribution in [0.15, 0.2) is 0 Å². The molecule has 0 unspecified atom stereocenters. The van der Waals surface area contributed by atoms with Crippen LogP contribution in [-0.4, -0.2) is 42.1 Å². The summed E-state index contributed by atoms with van der Waals surface area (Å²) in [6, 6.07) is 0.0126. The number of amides is 1. The molecule has 1 amide bonds. The van der Waals surface area contributed by atoms with Crippen LogP contribution in [0.5, 0.6) is 0 Å². The van der Waals surface area contributed by atoms with Gasteiger partial charge in [-0.25, -0.2) is 5.01 Å². The van der Waals surface area contributed by atoms with Crippen molar-refractivity contribution in [2.75, 3.05) is 20.1 Å². The summed E-state index contributed by atoms with van der Waals surface area (Å²) in [5, 5.41) is 3.61. The van der Waals surface area contributed by atoms with Crippen molar-refractivity contribution in [2.45, 2.75) is 19.4 Å².